The van der Waals surface area contributed by atoms with Crippen molar-refractivity contribution in [3.8, 4) is 0 Å². The molecule has 0 saturated carbocycles. The van der Waals surface area contributed by atoms with Crippen molar-refractivity contribution in [3.63, 3.8) is 0 Å². The van der Waals surface area contributed by atoms with E-state index in [1.807, 2.05) is 0 Å². The number of carbonyl (C=O) groups is 4. The molecule has 150 valence electrons. The van der Waals surface area contributed by atoms with Crippen molar-refractivity contribution in [2.75, 3.05) is 0 Å². The molecule has 0 radical (unpaired) electrons. The molecule has 6 nitrogen and oxygen atoms in total. The minimum atomic E-state index is -1.56. The number of rotatable bonds is 8. The molecule has 6 heteroatoms. The Morgan fingerprint density at radius 2 is 1.93 bits per heavy atom. The van der Waals surface area contributed by atoms with Crippen LogP contribution in [0.4, 0.5) is 0 Å². The van der Waals surface area contributed by atoms with E-state index in [0.717, 1.165) is 25.7 Å². The van der Waals surface area contributed by atoms with Gasteiger partial charge < -0.3 is 9.47 Å². The number of fused-ring (bicyclic) bond motifs is 3. The van der Waals surface area contributed by atoms with Gasteiger partial charge in [-0.1, -0.05) is 32.6 Å². The zero-order valence-electron chi connectivity index (χ0n) is 16.6. The number of esters is 1. The Morgan fingerprint density at radius 3 is 2.61 bits per heavy atom. The van der Waals surface area contributed by atoms with Gasteiger partial charge in [-0.15, -0.1) is 0 Å². The summed E-state index contributed by atoms with van der Waals surface area (Å²) in [6.45, 7) is 5.31. The summed E-state index contributed by atoms with van der Waals surface area (Å²) in [7, 11) is 0. The summed E-state index contributed by atoms with van der Waals surface area (Å²) in [6.07, 6.45) is 8.71. The van der Waals surface area contributed by atoms with Gasteiger partial charge in [-0.05, 0) is 31.9 Å². The van der Waals surface area contributed by atoms with E-state index in [1.54, 1.807) is 13.0 Å². The van der Waals surface area contributed by atoms with Crippen LogP contribution in [0, 0.1) is 11.8 Å². The molecule has 1 aliphatic carbocycles. The minimum Gasteiger partial charge on any atom is -0.469 e. The maximum absolute atomic E-state index is 13.0. The first-order valence-electron chi connectivity index (χ1n) is 9.90. The number of unbranched alkanes of at least 4 members (excludes halogenated alkanes) is 4. The van der Waals surface area contributed by atoms with Crippen molar-refractivity contribution in [2.45, 2.75) is 64.9 Å². The largest absolute Gasteiger partial charge is 0.469 e. The lowest BCUT2D eigenvalue weighted by atomic mass is 9.65. The first kappa shape index (κ1) is 20.2. The highest BCUT2D eigenvalue weighted by Gasteiger charge is 2.63. The standard InChI is InChI=1S/C22H26O6/c1-4-5-6-7-8-9-17(24)18-19-16-12-27-13(2)10-14(16)15(11-23)20(25)22(19,3)28-21(18)26/h10-12,18-19H,4-9H2,1-3H3/t18-,19-,22-/m1/s1. The van der Waals surface area contributed by atoms with Gasteiger partial charge in [-0.25, -0.2) is 0 Å². The molecule has 0 unspecified atom stereocenters. The van der Waals surface area contributed by atoms with Crippen molar-refractivity contribution in [1.29, 1.82) is 0 Å². The maximum Gasteiger partial charge on any atom is 0.318 e. The van der Waals surface area contributed by atoms with E-state index < -0.39 is 29.2 Å². The monoisotopic (exact) mass is 386 g/mol. The van der Waals surface area contributed by atoms with E-state index in [-0.39, 0.29) is 17.8 Å². The fourth-order valence-corrected chi connectivity index (χ4v) is 4.35. The Morgan fingerprint density at radius 1 is 1.21 bits per heavy atom. The van der Waals surface area contributed by atoms with E-state index in [4.69, 9.17) is 9.47 Å². The second kappa shape index (κ2) is 7.86. The quantitative estimate of drug-likeness (QED) is 0.209. The van der Waals surface area contributed by atoms with Crippen LogP contribution in [0.5, 0.6) is 0 Å². The van der Waals surface area contributed by atoms with Crippen LogP contribution in [0.3, 0.4) is 0 Å². The second-order valence-corrected chi connectivity index (χ2v) is 7.83. The number of hydrogen-bond acceptors (Lipinski definition) is 6. The molecule has 0 spiro atoms. The van der Waals surface area contributed by atoms with Crippen LogP contribution in [0.1, 0.15) is 59.3 Å². The number of ketones is 2. The van der Waals surface area contributed by atoms with Crippen molar-refractivity contribution in [3.05, 3.63) is 34.8 Å². The van der Waals surface area contributed by atoms with Gasteiger partial charge in [0.25, 0.3) is 0 Å². The van der Waals surface area contributed by atoms with Crippen molar-refractivity contribution >= 4 is 23.8 Å². The van der Waals surface area contributed by atoms with Gasteiger partial charge in [0.15, 0.2) is 11.9 Å². The molecule has 0 aromatic heterocycles. The predicted octanol–water partition coefficient (Wildman–Crippen LogP) is 3.36. The third-order valence-corrected chi connectivity index (χ3v) is 5.84. The third-order valence-electron chi connectivity index (χ3n) is 5.84. The number of Topliss-reactive ketones (excluding diaryl/α,β-unsaturated/α-hetero) is 2. The van der Waals surface area contributed by atoms with Gasteiger partial charge >= 0.3 is 5.97 Å². The molecule has 2 heterocycles. The smallest absolute Gasteiger partial charge is 0.318 e. The van der Waals surface area contributed by atoms with Crippen LogP contribution in [0.25, 0.3) is 0 Å². The zero-order chi connectivity index (χ0) is 20.5. The summed E-state index contributed by atoms with van der Waals surface area (Å²) in [5.74, 6) is -2.78. The first-order chi connectivity index (χ1) is 13.3. The molecule has 28 heavy (non-hydrogen) atoms. The summed E-state index contributed by atoms with van der Waals surface area (Å²) in [4.78, 5) is 50.1. The zero-order valence-corrected chi connectivity index (χ0v) is 16.6. The summed E-state index contributed by atoms with van der Waals surface area (Å²) in [6, 6.07) is 0. The van der Waals surface area contributed by atoms with Gasteiger partial charge in [0.1, 0.15) is 17.5 Å². The maximum atomic E-state index is 13.0. The first-order valence-corrected chi connectivity index (χ1v) is 9.90. The summed E-state index contributed by atoms with van der Waals surface area (Å²) in [5.41, 5.74) is -0.684. The molecule has 0 aromatic carbocycles. The lowest BCUT2D eigenvalue weighted by Gasteiger charge is -2.37. The topological polar surface area (TPSA) is 86.7 Å². The van der Waals surface area contributed by atoms with Gasteiger partial charge in [-0.2, -0.15) is 0 Å². The van der Waals surface area contributed by atoms with Crippen LogP contribution >= 0.6 is 0 Å². The average molecular weight is 386 g/mol. The third kappa shape index (κ3) is 3.25. The molecule has 0 bridgehead atoms. The molecule has 0 aromatic rings. The summed E-state index contributed by atoms with van der Waals surface area (Å²) >= 11 is 0. The highest BCUT2D eigenvalue weighted by atomic mass is 16.6. The lowest BCUT2D eigenvalue weighted by Crippen LogP contribution is -2.49. The number of hydrogen-bond donors (Lipinski definition) is 0. The molecule has 2 aliphatic heterocycles. The highest BCUT2D eigenvalue weighted by molar-refractivity contribution is 6.21. The summed E-state index contributed by atoms with van der Waals surface area (Å²) in [5, 5.41) is 0. The van der Waals surface area contributed by atoms with Gasteiger partial charge in [0.05, 0.1) is 17.8 Å². The molecule has 1 saturated heterocycles. The molecule has 0 N–H and O–H groups in total. The van der Waals surface area contributed by atoms with Crippen molar-refractivity contribution in [2.24, 2.45) is 11.8 Å². The molecule has 3 rings (SSSR count). The van der Waals surface area contributed by atoms with Gasteiger partial charge in [0, 0.05) is 12.0 Å². The van der Waals surface area contributed by atoms with E-state index in [2.05, 4.69) is 6.92 Å². The number of aldehydes is 1. The van der Waals surface area contributed by atoms with Crippen LogP contribution < -0.4 is 0 Å². The summed E-state index contributed by atoms with van der Waals surface area (Å²) < 4.78 is 10.9. The highest BCUT2D eigenvalue weighted by Crippen LogP contribution is 2.51. The number of ether oxygens (including phenoxy) is 2. The van der Waals surface area contributed by atoms with Gasteiger partial charge in [-0.3, -0.25) is 19.2 Å². The van der Waals surface area contributed by atoms with Crippen molar-refractivity contribution in [1.82, 2.24) is 0 Å². The Hall–Kier alpha value is -2.50. The van der Waals surface area contributed by atoms with Crippen LogP contribution in [0.15, 0.2) is 34.8 Å². The second-order valence-electron chi connectivity index (χ2n) is 7.83. The van der Waals surface area contributed by atoms with E-state index in [1.165, 1.54) is 13.2 Å². The fourth-order valence-electron chi connectivity index (χ4n) is 4.35. The van der Waals surface area contributed by atoms with Crippen LogP contribution in [-0.4, -0.2) is 29.4 Å². The molecular weight excluding hydrogens is 360 g/mol. The van der Waals surface area contributed by atoms with Gasteiger partial charge in [0.2, 0.25) is 5.78 Å². The Bertz CT molecular complexity index is 815. The Kier molecular flexibility index (Phi) is 5.68. The molecular formula is C22H26O6. The van der Waals surface area contributed by atoms with E-state index >= 15 is 0 Å². The molecule has 3 aliphatic rings. The lowest BCUT2D eigenvalue weighted by molar-refractivity contribution is -0.157. The number of allylic oxidation sites excluding steroid dienone is 3. The Labute approximate surface area is 164 Å². The van der Waals surface area contributed by atoms with E-state index in [0.29, 0.717) is 29.6 Å². The van der Waals surface area contributed by atoms with E-state index in [9.17, 15) is 19.2 Å². The minimum absolute atomic E-state index is 0.0480. The van der Waals surface area contributed by atoms with Crippen LogP contribution in [0.2, 0.25) is 0 Å². The molecule has 0 amide bonds. The molecule has 1 fully saturated rings. The molecule has 3 atom stereocenters. The van der Waals surface area contributed by atoms with Crippen LogP contribution in [-0.2, 0) is 28.7 Å². The Balaban J connectivity index is 1.91. The predicted molar refractivity (Wildman–Crippen MR) is 101 cm³/mol. The normalized spacial score (nSPS) is 28.7. The fraction of sp³-hybridized carbons (Fsp3) is 0.545. The van der Waals surface area contributed by atoms with Crippen molar-refractivity contribution < 1.29 is 28.7 Å². The SMILES string of the molecule is CCCCCCCC(=O)[C@H]1C(=O)O[C@@]2(C)C(=O)C(C=O)=C3C=C(C)OC=C3[C@H]12. The average Bonchev–Trinajstić information content (AvgIpc) is 2.93. The number of carbonyl (C=O) groups excluding carboxylic acids is 4.